The Morgan fingerprint density at radius 2 is 1.56 bits per heavy atom. The van der Waals surface area contributed by atoms with Crippen LogP contribution >= 0.6 is 0 Å². The van der Waals surface area contributed by atoms with Gasteiger partial charge < -0.3 is 14.2 Å². The summed E-state index contributed by atoms with van der Waals surface area (Å²) in [7, 11) is 3.10. The summed E-state index contributed by atoms with van der Waals surface area (Å²) in [5.41, 5.74) is 1.00. The van der Waals surface area contributed by atoms with Crippen LogP contribution in [0.4, 0.5) is 13.2 Å². The number of methoxy groups -OCH3 is 2. The van der Waals surface area contributed by atoms with E-state index in [-0.39, 0.29) is 0 Å². The number of pyridine rings is 1. The first-order valence-electron chi connectivity index (χ1n) is 10.5. The van der Waals surface area contributed by atoms with Crippen LogP contribution in [0.3, 0.4) is 0 Å². The van der Waals surface area contributed by atoms with Crippen molar-refractivity contribution in [2.24, 2.45) is 0 Å². The lowest BCUT2D eigenvalue weighted by atomic mass is 10.1. The van der Waals surface area contributed by atoms with Crippen LogP contribution in [0, 0.1) is 0 Å². The second-order valence-electron chi connectivity index (χ2n) is 7.70. The Kier molecular flexibility index (Phi) is 6.41. The lowest BCUT2D eigenvalue weighted by Crippen LogP contribution is -2.25. The Morgan fingerprint density at radius 1 is 0.906 bits per heavy atom. The van der Waals surface area contributed by atoms with E-state index in [4.69, 9.17) is 14.2 Å². The third-order valence-electron chi connectivity index (χ3n) is 5.65. The zero-order valence-electron chi connectivity index (χ0n) is 18.0. The van der Waals surface area contributed by atoms with Crippen LogP contribution in [0.15, 0.2) is 42.5 Å². The lowest BCUT2D eigenvalue weighted by molar-refractivity contribution is -0.137. The fourth-order valence-electron chi connectivity index (χ4n) is 3.91. The number of halogens is 3. The maximum Gasteiger partial charge on any atom is 0.416 e. The highest BCUT2D eigenvalue weighted by molar-refractivity contribution is 5.90. The van der Waals surface area contributed by atoms with Crippen molar-refractivity contribution >= 4 is 10.9 Å². The van der Waals surface area contributed by atoms with Gasteiger partial charge in [0, 0.05) is 29.6 Å². The minimum atomic E-state index is -4.39. The SMILES string of the molecule is COc1cc2nc(-c3ccc(C(F)(F)F)cc3)cc(OCCN3CCCC3)c2cc1OC. The Morgan fingerprint density at radius 3 is 2.19 bits per heavy atom. The fraction of sp³-hybridized carbons (Fsp3) is 0.375. The minimum absolute atomic E-state index is 0.500. The summed E-state index contributed by atoms with van der Waals surface area (Å²) in [5.74, 6) is 1.67. The average molecular weight is 446 g/mol. The van der Waals surface area contributed by atoms with E-state index < -0.39 is 11.7 Å². The van der Waals surface area contributed by atoms with Gasteiger partial charge in [-0.3, -0.25) is 4.90 Å². The van der Waals surface area contributed by atoms with Gasteiger partial charge in [-0.1, -0.05) is 12.1 Å². The van der Waals surface area contributed by atoms with Gasteiger partial charge in [-0.05, 0) is 44.1 Å². The molecule has 0 saturated carbocycles. The van der Waals surface area contributed by atoms with Gasteiger partial charge in [-0.25, -0.2) is 4.98 Å². The number of fused-ring (bicyclic) bond motifs is 1. The number of nitrogens with zero attached hydrogens (tertiary/aromatic N) is 2. The summed E-state index contributed by atoms with van der Waals surface area (Å²) in [6.07, 6.45) is -1.98. The van der Waals surface area contributed by atoms with E-state index in [0.717, 1.165) is 37.2 Å². The van der Waals surface area contributed by atoms with Crippen molar-refractivity contribution in [1.82, 2.24) is 9.88 Å². The lowest BCUT2D eigenvalue weighted by Gasteiger charge is -2.17. The number of aromatic nitrogens is 1. The van der Waals surface area contributed by atoms with Crippen LogP contribution in [0.2, 0.25) is 0 Å². The maximum absolute atomic E-state index is 13.0. The van der Waals surface area contributed by atoms with Gasteiger partial charge in [0.15, 0.2) is 11.5 Å². The number of rotatable bonds is 7. The number of hydrogen-bond acceptors (Lipinski definition) is 5. The largest absolute Gasteiger partial charge is 0.493 e. The number of alkyl halides is 3. The molecule has 2 aromatic carbocycles. The Labute approximate surface area is 184 Å². The highest BCUT2D eigenvalue weighted by atomic mass is 19.4. The molecule has 8 heteroatoms. The molecule has 3 aromatic rings. The van der Waals surface area contributed by atoms with Crippen molar-refractivity contribution in [2.75, 3.05) is 40.5 Å². The van der Waals surface area contributed by atoms with Crippen LogP contribution in [0.25, 0.3) is 22.2 Å². The van der Waals surface area contributed by atoms with E-state index in [2.05, 4.69) is 9.88 Å². The molecule has 1 fully saturated rings. The molecule has 1 saturated heterocycles. The topological polar surface area (TPSA) is 43.8 Å². The average Bonchev–Trinajstić information content (AvgIpc) is 3.31. The van der Waals surface area contributed by atoms with Crippen molar-refractivity contribution in [2.45, 2.75) is 19.0 Å². The van der Waals surface area contributed by atoms with Gasteiger partial charge in [-0.2, -0.15) is 13.2 Å². The summed E-state index contributed by atoms with van der Waals surface area (Å²) in [6, 6.07) is 10.3. The summed E-state index contributed by atoms with van der Waals surface area (Å²) < 4.78 is 55.8. The monoisotopic (exact) mass is 446 g/mol. The predicted molar refractivity (Wildman–Crippen MR) is 116 cm³/mol. The number of ether oxygens (including phenoxy) is 3. The second kappa shape index (κ2) is 9.24. The number of likely N-dealkylation sites (tertiary alicyclic amines) is 1. The molecule has 0 spiro atoms. The smallest absolute Gasteiger partial charge is 0.416 e. The quantitative estimate of drug-likeness (QED) is 0.485. The zero-order valence-corrected chi connectivity index (χ0v) is 18.0. The summed E-state index contributed by atoms with van der Waals surface area (Å²) in [4.78, 5) is 7.01. The molecule has 32 heavy (non-hydrogen) atoms. The van der Waals surface area contributed by atoms with Crippen LogP contribution in [0.5, 0.6) is 17.2 Å². The molecular formula is C24H25F3N2O3. The van der Waals surface area contributed by atoms with Crippen molar-refractivity contribution in [3.05, 3.63) is 48.0 Å². The third-order valence-corrected chi connectivity index (χ3v) is 5.65. The molecule has 0 amide bonds. The van der Waals surface area contributed by atoms with Gasteiger partial charge in [0.25, 0.3) is 0 Å². The molecule has 0 aliphatic carbocycles. The van der Waals surface area contributed by atoms with Gasteiger partial charge in [0.05, 0.1) is 31.0 Å². The van der Waals surface area contributed by atoms with Gasteiger partial charge >= 0.3 is 6.18 Å². The molecule has 0 atom stereocenters. The summed E-state index contributed by atoms with van der Waals surface area (Å²) >= 11 is 0. The Hall–Kier alpha value is -3.00. The van der Waals surface area contributed by atoms with Crippen LogP contribution in [-0.2, 0) is 6.18 Å². The summed E-state index contributed by atoms with van der Waals surface area (Å²) in [6.45, 7) is 3.46. The molecule has 0 N–H and O–H groups in total. The highest BCUT2D eigenvalue weighted by Gasteiger charge is 2.30. The summed E-state index contributed by atoms with van der Waals surface area (Å²) in [5, 5.41) is 0.750. The van der Waals surface area contributed by atoms with Crippen LogP contribution < -0.4 is 14.2 Å². The standard InChI is InChI=1S/C24H25F3N2O3/c1-30-22-13-18-20(15-23(22)31-2)28-19(16-5-7-17(8-6-16)24(25,26)27)14-21(18)32-12-11-29-9-3-4-10-29/h5-8,13-15H,3-4,9-12H2,1-2H3. The molecule has 5 nitrogen and oxygen atoms in total. The molecule has 1 aliphatic heterocycles. The van der Waals surface area contributed by atoms with Gasteiger partial charge in [-0.15, -0.1) is 0 Å². The molecule has 0 bridgehead atoms. The van der Waals surface area contributed by atoms with Gasteiger partial charge in [0.1, 0.15) is 12.4 Å². The van der Waals surface area contributed by atoms with Crippen molar-refractivity contribution in [1.29, 1.82) is 0 Å². The highest BCUT2D eigenvalue weighted by Crippen LogP contribution is 2.38. The van der Waals surface area contributed by atoms with E-state index in [9.17, 15) is 13.2 Å². The van der Waals surface area contributed by atoms with Crippen LogP contribution in [-0.4, -0.2) is 50.3 Å². The molecular weight excluding hydrogens is 421 g/mol. The molecule has 0 radical (unpaired) electrons. The van der Waals surface area contributed by atoms with E-state index in [1.807, 2.05) is 6.07 Å². The minimum Gasteiger partial charge on any atom is -0.493 e. The zero-order chi connectivity index (χ0) is 22.7. The van der Waals surface area contributed by atoms with E-state index >= 15 is 0 Å². The Bertz CT molecular complexity index is 1080. The first kappa shape index (κ1) is 22.2. The molecule has 4 rings (SSSR count). The van der Waals surface area contributed by atoms with Crippen molar-refractivity contribution in [3.63, 3.8) is 0 Å². The van der Waals surface area contributed by atoms with Crippen LogP contribution in [0.1, 0.15) is 18.4 Å². The van der Waals surface area contributed by atoms with E-state index in [0.29, 0.717) is 40.6 Å². The van der Waals surface area contributed by atoms with Gasteiger partial charge in [0.2, 0.25) is 0 Å². The second-order valence-corrected chi connectivity index (χ2v) is 7.70. The first-order valence-corrected chi connectivity index (χ1v) is 10.5. The van der Waals surface area contributed by atoms with Crippen molar-refractivity contribution < 1.29 is 27.4 Å². The molecule has 2 heterocycles. The number of hydrogen-bond donors (Lipinski definition) is 0. The molecule has 1 aliphatic rings. The molecule has 0 unspecified atom stereocenters. The first-order chi connectivity index (χ1) is 15.4. The third kappa shape index (κ3) is 4.75. The van der Waals surface area contributed by atoms with E-state index in [1.54, 1.807) is 19.2 Å². The Balaban J connectivity index is 1.72. The number of benzene rings is 2. The van der Waals surface area contributed by atoms with E-state index in [1.165, 1.54) is 32.1 Å². The predicted octanol–water partition coefficient (Wildman–Crippen LogP) is 5.41. The van der Waals surface area contributed by atoms with Crippen molar-refractivity contribution in [3.8, 4) is 28.5 Å². The normalized spacial score (nSPS) is 14.7. The fourth-order valence-corrected chi connectivity index (χ4v) is 3.91. The molecule has 170 valence electrons. The molecule has 1 aromatic heterocycles. The maximum atomic E-state index is 13.0.